The standard InChI is InChI=1S/C20H34ClN5O2/c21-16-2-1-3-17-15(16)9-18(23-17)20(27)25-5-6-26-14(11-25)8-19(24-26)22-10-13-4-7-28-12-13/h13-19,22-24H,1-12H2. The summed E-state index contributed by atoms with van der Waals surface area (Å²) in [7, 11) is 0. The molecular weight excluding hydrogens is 378 g/mol. The van der Waals surface area contributed by atoms with Gasteiger partial charge in [-0.25, -0.2) is 10.4 Å². The van der Waals surface area contributed by atoms with Gasteiger partial charge in [0.1, 0.15) is 0 Å². The smallest absolute Gasteiger partial charge is 0.239 e. The third kappa shape index (κ3) is 3.94. The number of halogens is 1. The maximum absolute atomic E-state index is 13.2. The van der Waals surface area contributed by atoms with Gasteiger partial charge < -0.3 is 20.3 Å². The third-order valence-corrected chi connectivity index (χ3v) is 8.04. The summed E-state index contributed by atoms with van der Waals surface area (Å²) in [6, 6.07) is 0.804. The maximum Gasteiger partial charge on any atom is 0.239 e. The van der Waals surface area contributed by atoms with Gasteiger partial charge in [0.2, 0.25) is 5.91 Å². The van der Waals surface area contributed by atoms with Gasteiger partial charge in [0.15, 0.2) is 0 Å². The Kier molecular flexibility index (Phi) is 5.83. The van der Waals surface area contributed by atoms with Crippen LogP contribution in [0.15, 0.2) is 0 Å². The Hall–Kier alpha value is -0.440. The van der Waals surface area contributed by atoms with Crippen LogP contribution in [0.3, 0.4) is 0 Å². The van der Waals surface area contributed by atoms with E-state index in [1.807, 2.05) is 0 Å². The largest absolute Gasteiger partial charge is 0.381 e. The SMILES string of the molecule is O=C(C1CC2C(Cl)CCCC2N1)N1CCN2NC(NCC3CCOC3)CC2C1. The summed E-state index contributed by atoms with van der Waals surface area (Å²) < 4.78 is 5.47. The number of hydrazine groups is 1. The minimum atomic E-state index is -0.0356. The first kappa shape index (κ1) is 19.5. The zero-order chi connectivity index (χ0) is 19.1. The minimum absolute atomic E-state index is 0.0356. The van der Waals surface area contributed by atoms with Crippen LogP contribution in [0, 0.1) is 11.8 Å². The lowest BCUT2D eigenvalue weighted by Gasteiger charge is -2.38. The summed E-state index contributed by atoms with van der Waals surface area (Å²) in [5.74, 6) is 1.39. The van der Waals surface area contributed by atoms with Crippen LogP contribution in [0.2, 0.25) is 0 Å². The molecule has 5 aliphatic rings. The second-order valence-corrected chi connectivity index (χ2v) is 9.92. The summed E-state index contributed by atoms with van der Waals surface area (Å²) >= 11 is 6.54. The molecule has 1 amide bonds. The summed E-state index contributed by atoms with van der Waals surface area (Å²) in [5.41, 5.74) is 3.60. The minimum Gasteiger partial charge on any atom is -0.381 e. The van der Waals surface area contributed by atoms with Gasteiger partial charge in [-0.15, -0.1) is 11.6 Å². The van der Waals surface area contributed by atoms with Gasteiger partial charge in [0.05, 0.1) is 18.8 Å². The molecule has 0 aromatic rings. The fourth-order valence-electron chi connectivity index (χ4n) is 5.86. The Balaban J connectivity index is 1.12. The average molecular weight is 412 g/mol. The van der Waals surface area contributed by atoms with Crippen molar-refractivity contribution in [2.75, 3.05) is 39.4 Å². The highest BCUT2D eigenvalue weighted by molar-refractivity contribution is 6.20. The number of alkyl halides is 1. The molecule has 5 rings (SSSR count). The fraction of sp³-hybridized carbons (Fsp3) is 0.950. The van der Waals surface area contributed by atoms with Crippen molar-refractivity contribution in [1.29, 1.82) is 0 Å². The van der Waals surface area contributed by atoms with E-state index in [-0.39, 0.29) is 17.3 Å². The normalized spacial score (nSPS) is 43.9. The molecule has 7 atom stereocenters. The van der Waals surface area contributed by atoms with Crippen LogP contribution in [0.4, 0.5) is 0 Å². The van der Waals surface area contributed by atoms with Crippen LogP contribution in [0.1, 0.15) is 38.5 Å². The number of hydrogen-bond donors (Lipinski definition) is 3. The second-order valence-electron chi connectivity index (χ2n) is 9.36. The molecule has 7 unspecified atom stereocenters. The Morgan fingerprint density at radius 2 is 2.14 bits per heavy atom. The van der Waals surface area contributed by atoms with Crippen LogP contribution in [-0.2, 0) is 9.53 Å². The van der Waals surface area contributed by atoms with E-state index in [9.17, 15) is 4.79 Å². The molecular formula is C20H34ClN5O2. The lowest BCUT2D eigenvalue weighted by Crippen LogP contribution is -2.58. The maximum atomic E-state index is 13.2. The van der Waals surface area contributed by atoms with Gasteiger partial charge in [-0.05, 0) is 43.9 Å². The molecule has 8 heteroatoms. The fourth-order valence-corrected chi connectivity index (χ4v) is 6.29. The predicted octanol–water partition coefficient (Wildman–Crippen LogP) is 0.498. The molecule has 0 spiro atoms. The van der Waals surface area contributed by atoms with Gasteiger partial charge in [0, 0.05) is 50.2 Å². The Morgan fingerprint density at radius 3 is 2.96 bits per heavy atom. The molecule has 4 heterocycles. The molecule has 158 valence electrons. The first-order valence-corrected chi connectivity index (χ1v) is 11.6. The Bertz CT molecular complexity index is 575. The number of fused-ring (bicyclic) bond motifs is 2. The van der Waals surface area contributed by atoms with Crippen molar-refractivity contribution in [3.63, 3.8) is 0 Å². The molecule has 28 heavy (non-hydrogen) atoms. The predicted molar refractivity (Wildman–Crippen MR) is 108 cm³/mol. The van der Waals surface area contributed by atoms with Gasteiger partial charge in [-0.3, -0.25) is 4.79 Å². The van der Waals surface area contributed by atoms with Crippen molar-refractivity contribution in [1.82, 2.24) is 26.0 Å². The van der Waals surface area contributed by atoms with Gasteiger partial charge in [-0.2, -0.15) is 0 Å². The molecule has 0 bridgehead atoms. The van der Waals surface area contributed by atoms with Crippen LogP contribution < -0.4 is 16.1 Å². The van der Waals surface area contributed by atoms with E-state index < -0.39 is 0 Å². The summed E-state index contributed by atoms with van der Waals surface area (Å²) in [6.45, 7) is 5.33. The molecule has 1 saturated carbocycles. The number of ether oxygens (including phenoxy) is 1. The number of carbonyl (C=O) groups excluding carboxylic acids is 1. The molecule has 1 aliphatic carbocycles. The van der Waals surface area contributed by atoms with E-state index in [0.717, 1.165) is 71.5 Å². The highest BCUT2D eigenvalue weighted by Gasteiger charge is 2.45. The number of nitrogens with zero attached hydrogens (tertiary/aromatic N) is 2. The first-order valence-electron chi connectivity index (χ1n) is 11.2. The van der Waals surface area contributed by atoms with Gasteiger partial charge in [0.25, 0.3) is 0 Å². The molecule has 7 nitrogen and oxygen atoms in total. The number of rotatable bonds is 4. The molecule has 0 radical (unpaired) electrons. The van der Waals surface area contributed by atoms with E-state index in [1.165, 1.54) is 6.42 Å². The van der Waals surface area contributed by atoms with E-state index in [2.05, 4.69) is 26.0 Å². The zero-order valence-electron chi connectivity index (χ0n) is 16.6. The molecule has 4 aliphatic heterocycles. The topological polar surface area (TPSA) is 68.9 Å². The van der Waals surface area contributed by atoms with E-state index in [4.69, 9.17) is 16.3 Å². The van der Waals surface area contributed by atoms with Gasteiger partial charge in [-0.1, -0.05) is 6.42 Å². The Labute approximate surface area is 172 Å². The van der Waals surface area contributed by atoms with E-state index in [0.29, 0.717) is 30.1 Å². The molecule has 4 saturated heterocycles. The summed E-state index contributed by atoms with van der Waals surface area (Å²) in [4.78, 5) is 15.3. The zero-order valence-corrected chi connectivity index (χ0v) is 17.4. The summed E-state index contributed by atoms with van der Waals surface area (Å²) in [5, 5.41) is 9.84. The lowest BCUT2D eigenvalue weighted by molar-refractivity contribution is -0.136. The number of hydrogen-bond acceptors (Lipinski definition) is 6. The first-order chi connectivity index (χ1) is 13.7. The molecule has 5 fully saturated rings. The lowest BCUT2D eigenvalue weighted by atomic mass is 9.84. The monoisotopic (exact) mass is 411 g/mol. The van der Waals surface area contributed by atoms with Crippen LogP contribution in [0.5, 0.6) is 0 Å². The highest BCUT2D eigenvalue weighted by atomic mass is 35.5. The summed E-state index contributed by atoms with van der Waals surface area (Å²) in [6.07, 6.45) is 6.87. The number of carbonyl (C=O) groups is 1. The van der Waals surface area contributed by atoms with E-state index in [1.54, 1.807) is 0 Å². The molecule has 0 aromatic heterocycles. The molecule has 3 N–H and O–H groups in total. The van der Waals surface area contributed by atoms with Crippen molar-refractivity contribution in [2.45, 2.75) is 68.2 Å². The van der Waals surface area contributed by atoms with Crippen molar-refractivity contribution in [3.05, 3.63) is 0 Å². The van der Waals surface area contributed by atoms with Crippen molar-refractivity contribution in [2.24, 2.45) is 11.8 Å². The molecule has 0 aromatic carbocycles. The quantitative estimate of drug-likeness (QED) is 0.585. The van der Waals surface area contributed by atoms with Crippen molar-refractivity contribution < 1.29 is 9.53 Å². The van der Waals surface area contributed by atoms with Crippen molar-refractivity contribution in [3.8, 4) is 0 Å². The van der Waals surface area contributed by atoms with E-state index >= 15 is 0 Å². The second kappa shape index (κ2) is 8.36. The van der Waals surface area contributed by atoms with Crippen LogP contribution in [-0.4, -0.2) is 84.9 Å². The highest BCUT2D eigenvalue weighted by Crippen LogP contribution is 2.37. The number of nitrogens with one attached hydrogen (secondary N) is 3. The Morgan fingerprint density at radius 1 is 1.21 bits per heavy atom. The number of amides is 1. The third-order valence-electron chi connectivity index (χ3n) is 7.50. The average Bonchev–Trinajstić information content (AvgIpc) is 3.43. The van der Waals surface area contributed by atoms with Gasteiger partial charge >= 0.3 is 0 Å². The van der Waals surface area contributed by atoms with Crippen LogP contribution >= 0.6 is 11.6 Å². The number of piperazine rings is 1. The van der Waals surface area contributed by atoms with Crippen molar-refractivity contribution >= 4 is 17.5 Å². The van der Waals surface area contributed by atoms with Crippen LogP contribution in [0.25, 0.3) is 0 Å².